The number of hydrogen-bond donors (Lipinski definition) is 2. The first-order chi connectivity index (χ1) is 17.5. The molecule has 0 bridgehead atoms. The van der Waals surface area contributed by atoms with Crippen LogP contribution >= 0.6 is 0 Å². The number of nitrogens with zero attached hydrogens (tertiary/aromatic N) is 1. The predicted octanol–water partition coefficient (Wildman–Crippen LogP) is 3.95. The average Bonchev–Trinajstić information content (AvgIpc) is 2.92. The molecule has 8 heteroatoms. The molecule has 0 aliphatic heterocycles. The molecule has 8 nitrogen and oxygen atoms in total. The van der Waals surface area contributed by atoms with Gasteiger partial charge >= 0.3 is 5.97 Å². The lowest BCUT2D eigenvalue weighted by Crippen LogP contribution is -2.35. The van der Waals surface area contributed by atoms with Crippen LogP contribution in [0.25, 0.3) is 10.8 Å². The quantitative estimate of drug-likeness (QED) is 0.172. The molecule has 0 radical (unpaired) electrons. The van der Waals surface area contributed by atoms with Gasteiger partial charge in [0.25, 0.3) is 11.8 Å². The van der Waals surface area contributed by atoms with E-state index in [4.69, 9.17) is 9.47 Å². The highest BCUT2D eigenvalue weighted by atomic mass is 16.5. The summed E-state index contributed by atoms with van der Waals surface area (Å²) < 4.78 is 10.4. The summed E-state index contributed by atoms with van der Waals surface area (Å²) in [5.74, 6) is -0.282. The van der Waals surface area contributed by atoms with Crippen molar-refractivity contribution in [3.8, 4) is 11.5 Å². The molecule has 0 aromatic heterocycles. The van der Waals surface area contributed by atoms with Gasteiger partial charge in [0, 0.05) is 5.56 Å². The van der Waals surface area contributed by atoms with Crippen LogP contribution in [-0.4, -0.2) is 37.7 Å². The predicted molar refractivity (Wildman–Crippen MR) is 136 cm³/mol. The number of esters is 1. The van der Waals surface area contributed by atoms with Gasteiger partial charge in [-0.05, 0) is 70.9 Å². The molecule has 0 spiro atoms. The van der Waals surface area contributed by atoms with Crippen molar-refractivity contribution in [1.29, 1.82) is 0 Å². The van der Waals surface area contributed by atoms with Crippen molar-refractivity contribution in [2.45, 2.75) is 0 Å². The van der Waals surface area contributed by atoms with Gasteiger partial charge in [0.2, 0.25) is 0 Å². The monoisotopic (exact) mass is 481 g/mol. The van der Waals surface area contributed by atoms with Gasteiger partial charge < -0.3 is 14.8 Å². The number of fused-ring (bicyclic) bond motifs is 1. The van der Waals surface area contributed by atoms with E-state index < -0.39 is 11.9 Å². The lowest BCUT2D eigenvalue weighted by molar-refractivity contribution is -0.120. The molecule has 4 rings (SSSR count). The molecule has 180 valence electrons. The molecule has 0 saturated heterocycles. The van der Waals surface area contributed by atoms with Crippen LogP contribution in [0.2, 0.25) is 0 Å². The van der Waals surface area contributed by atoms with E-state index in [2.05, 4.69) is 15.8 Å². The van der Waals surface area contributed by atoms with E-state index in [9.17, 15) is 14.4 Å². The smallest absolute Gasteiger partial charge is 0.343 e. The zero-order valence-corrected chi connectivity index (χ0v) is 19.4. The molecular formula is C28H23N3O5. The summed E-state index contributed by atoms with van der Waals surface area (Å²) in [6.45, 7) is -0.223. The number of benzene rings is 4. The molecule has 0 fully saturated rings. The number of methoxy groups -OCH3 is 1. The molecule has 0 aliphatic rings. The Morgan fingerprint density at radius 3 is 2.28 bits per heavy atom. The first-order valence-corrected chi connectivity index (χ1v) is 11.1. The topological polar surface area (TPSA) is 106 Å². The summed E-state index contributed by atoms with van der Waals surface area (Å²) in [5.41, 5.74) is 3.95. The molecule has 0 atom stereocenters. The van der Waals surface area contributed by atoms with Crippen LogP contribution < -0.4 is 20.2 Å². The molecule has 0 unspecified atom stereocenters. The van der Waals surface area contributed by atoms with Gasteiger partial charge in [0.05, 0.1) is 25.4 Å². The normalized spacial score (nSPS) is 10.7. The Morgan fingerprint density at radius 2 is 1.53 bits per heavy atom. The minimum atomic E-state index is -0.489. The lowest BCUT2D eigenvalue weighted by Gasteiger charge is -2.07. The number of hydrogen-bond acceptors (Lipinski definition) is 6. The minimum Gasteiger partial charge on any atom is -0.497 e. The second-order valence-corrected chi connectivity index (χ2v) is 7.69. The Hall–Kier alpha value is -4.98. The fraction of sp³-hybridized carbons (Fsp3) is 0.0714. The summed E-state index contributed by atoms with van der Waals surface area (Å²) in [6.07, 6.45) is 1.44. The fourth-order valence-electron chi connectivity index (χ4n) is 3.41. The van der Waals surface area contributed by atoms with Crippen LogP contribution in [0.3, 0.4) is 0 Å². The molecule has 0 aliphatic carbocycles. The summed E-state index contributed by atoms with van der Waals surface area (Å²) in [6, 6.07) is 26.2. The van der Waals surface area contributed by atoms with Crippen LogP contribution in [0.15, 0.2) is 96.1 Å². The van der Waals surface area contributed by atoms with Crippen LogP contribution in [0.4, 0.5) is 0 Å². The van der Waals surface area contributed by atoms with Gasteiger partial charge in [-0.25, -0.2) is 10.2 Å². The Labute approximate surface area is 207 Å². The van der Waals surface area contributed by atoms with Gasteiger partial charge in [0.15, 0.2) is 0 Å². The van der Waals surface area contributed by atoms with Crippen molar-refractivity contribution in [2.75, 3.05) is 13.7 Å². The van der Waals surface area contributed by atoms with Crippen molar-refractivity contribution < 1.29 is 23.9 Å². The average molecular weight is 482 g/mol. The van der Waals surface area contributed by atoms with Crippen molar-refractivity contribution in [3.05, 3.63) is 108 Å². The zero-order valence-electron chi connectivity index (χ0n) is 19.4. The standard InChI is InChI=1S/C28H23N3O5/c1-35-22-15-11-21(12-16-22)28(34)36-23-13-9-19(10-14-23)17-30-31-26(32)18-29-27(33)25-8-4-6-20-5-2-3-7-24(20)25/h2-17H,18H2,1H3,(H,29,33)(H,31,32). The van der Waals surface area contributed by atoms with Crippen LogP contribution in [-0.2, 0) is 4.79 Å². The molecule has 4 aromatic carbocycles. The molecule has 2 N–H and O–H groups in total. The molecule has 4 aromatic rings. The number of amides is 2. The lowest BCUT2D eigenvalue weighted by atomic mass is 10.0. The minimum absolute atomic E-state index is 0.223. The fourth-order valence-corrected chi connectivity index (χ4v) is 3.41. The molecule has 2 amide bonds. The first-order valence-electron chi connectivity index (χ1n) is 11.1. The highest BCUT2D eigenvalue weighted by Crippen LogP contribution is 2.18. The van der Waals surface area contributed by atoms with Gasteiger partial charge in [-0.1, -0.05) is 36.4 Å². The van der Waals surface area contributed by atoms with Crippen LogP contribution in [0.5, 0.6) is 11.5 Å². The Bertz CT molecular complexity index is 1410. The van der Waals surface area contributed by atoms with E-state index >= 15 is 0 Å². The summed E-state index contributed by atoms with van der Waals surface area (Å²) in [5, 5.41) is 8.26. The summed E-state index contributed by atoms with van der Waals surface area (Å²) in [7, 11) is 1.55. The number of carbonyl (C=O) groups excluding carboxylic acids is 3. The second-order valence-electron chi connectivity index (χ2n) is 7.69. The number of rotatable bonds is 8. The molecule has 36 heavy (non-hydrogen) atoms. The van der Waals surface area contributed by atoms with Crippen molar-refractivity contribution >= 4 is 34.8 Å². The summed E-state index contributed by atoms with van der Waals surface area (Å²) >= 11 is 0. The second kappa shape index (κ2) is 11.4. The van der Waals surface area contributed by atoms with E-state index in [-0.39, 0.29) is 12.5 Å². The molecule has 0 saturated carbocycles. The van der Waals surface area contributed by atoms with Crippen molar-refractivity contribution in [3.63, 3.8) is 0 Å². The largest absolute Gasteiger partial charge is 0.497 e. The van der Waals surface area contributed by atoms with E-state index in [0.717, 1.165) is 10.8 Å². The van der Waals surface area contributed by atoms with E-state index in [1.54, 1.807) is 67.8 Å². The Balaban J connectivity index is 1.25. The Morgan fingerprint density at radius 1 is 0.833 bits per heavy atom. The number of carbonyl (C=O) groups is 3. The third kappa shape index (κ3) is 6.12. The SMILES string of the molecule is COc1ccc(C(=O)Oc2ccc(C=NNC(=O)CNC(=O)c3cccc4ccccc34)cc2)cc1. The van der Waals surface area contributed by atoms with Gasteiger partial charge in [-0.3, -0.25) is 9.59 Å². The maximum atomic E-state index is 12.5. The number of hydrazone groups is 1. The molecule has 0 heterocycles. The van der Waals surface area contributed by atoms with Crippen LogP contribution in [0, 0.1) is 0 Å². The van der Waals surface area contributed by atoms with Crippen molar-refractivity contribution in [2.24, 2.45) is 5.10 Å². The number of nitrogens with one attached hydrogen (secondary N) is 2. The van der Waals surface area contributed by atoms with Crippen molar-refractivity contribution in [1.82, 2.24) is 10.7 Å². The van der Waals surface area contributed by atoms with Gasteiger partial charge in [-0.15, -0.1) is 0 Å². The van der Waals surface area contributed by atoms with E-state index in [0.29, 0.717) is 28.2 Å². The number of ether oxygens (including phenoxy) is 2. The molecular weight excluding hydrogens is 458 g/mol. The highest BCUT2D eigenvalue weighted by molar-refractivity contribution is 6.07. The van der Waals surface area contributed by atoms with Gasteiger partial charge in [0.1, 0.15) is 11.5 Å². The third-order valence-electron chi connectivity index (χ3n) is 5.26. The Kier molecular flexibility index (Phi) is 7.67. The maximum absolute atomic E-state index is 12.5. The maximum Gasteiger partial charge on any atom is 0.343 e. The van der Waals surface area contributed by atoms with E-state index in [1.165, 1.54) is 6.21 Å². The summed E-state index contributed by atoms with van der Waals surface area (Å²) in [4.78, 5) is 36.8. The first kappa shape index (κ1) is 24.2. The zero-order chi connectivity index (χ0) is 25.3. The highest BCUT2D eigenvalue weighted by Gasteiger charge is 2.11. The van der Waals surface area contributed by atoms with E-state index in [1.807, 2.05) is 30.3 Å². The third-order valence-corrected chi connectivity index (χ3v) is 5.26. The van der Waals surface area contributed by atoms with Crippen LogP contribution in [0.1, 0.15) is 26.3 Å². The van der Waals surface area contributed by atoms with Gasteiger partial charge in [-0.2, -0.15) is 5.10 Å².